The molecule has 6 nitrogen and oxygen atoms in total. The molecule has 1 atom stereocenters. The smallest absolute Gasteiger partial charge is 0.251 e. The molecule has 0 radical (unpaired) electrons. The van der Waals surface area contributed by atoms with E-state index in [2.05, 4.69) is 34.0 Å². The number of rotatable bonds is 3. The Kier molecular flexibility index (Phi) is 5.47. The van der Waals surface area contributed by atoms with Gasteiger partial charge in [-0.25, -0.2) is 9.37 Å². The maximum Gasteiger partial charge on any atom is 0.251 e. The Morgan fingerprint density at radius 2 is 1.97 bits per heavy atom. The molecular formula is C23H28FN5O. The van der Waals surface area contributed by atoms with E-state index in [1.165, 1.54) is 6.07 Å². The fourth-order valence-electron chi connectivity index (χ4n) is 3.89. The average molecular weight is 410 g/mol. The van der Waals surface area contributed by atoms with Gasteiger partial charge in [0.2, 0.25) is 0 Å². The van der Waals surface area contributed by atoms with Crippen molar-refractivity contribution < 1.29 is 9.18 Å². The summed E-state index contributed by atoms with van der Waals surface area (Å²) in [6, 6.07) is 1.40. The number of aromatic nitrogens is 2. The molecule has 0 bridgehead atoms. The number of carbonyl (C=O) groups is 1. The van der Waals surface area contributed by atoms with Gasteiger partial charge in [0.05, 0.1) is 17.4 Å². The first-order chi connectivity index (χ1) is 14.3. The number of hydrogen-bond donors (Lipinski definition) is 0. The number of imidazole rings is 1. The van der Waals surface area contributed by atoms with Crippen molar-refractivity contribution in [3.63, 3.8) is 0 Å². The second kappa shape index (κ2) is 8.07. The molecule has 7 heteroatoms. The van der Waals surface area contributed by atoms with Gasteiger partial charge >= 0.3 is 0 Å². The highest BCUT2D eigenvalue weighted by atomic mass is 19.1. The molecule has 0 saturated carbocycles. The fraction of sp³-hybridized carbons (Fsp3) is 0.391. The van der Waals surface area contributed by atoms with Crippen LogP contribution in [0.5, 0.6) is 0 Å². The first-order valence-corrected chi connectivity index (χ1v) is 10.3. The van der Waals surface area contributed by atoms with Crippen LogP contribution >= 0.6 is 0 Å². The Labute approximate surface area is 176 Å². The zero-order chi connectivity index (χ0) is 21.4. The molecule has 158 valence electrons. The molecule has 0 spiro atoms. The monoisotopic (exact) mass is 409 g/mol. The van der Waals surface area contributed by atoms with Crippen LogP contribution in [0.25, 0.3) is 11.2 Å². The van der Waals surface area contributed by atoms with Crippen LogP contribution in [-0.4, -0.2) is 69.3 Å². The van der Waals surface area contributed by atoms with E-state index in [1.807, 2.05) is 33.2 Å². The Bertz CT molecular complexity index is 1060. The summed E-state index contributed by atoms with van der Waals surface area (Å²) in [5.74, 6) is -0.509. The van der Waals surface area contributed by atoms with E-state index in [9.17, 15) is 9.18 Å². The van der Waals surface area contributed by atoms with Gasteiger partial charge in [-0.3, -0.25) is 4.79 Å². The van der Waals surface area contributed by atoms with Gasteiger partial charge in [-0.05, 0) is 51.1 Å². The molecule has 1 unspecified atom stereocenters. The molecular weight excluding hydrogens is 381 g/mol. The zero-order valence-electron chi connectivity index (χ0n) is 18.0. The third kappa shape index (κ3) is 4.03. The SMILES string of the molecule is C/C(=C\C(=O)N1C=C(N2CCN(C)CC2)C=CC1C)c1cc(F)c2nc(C)cn2c1. The number of hydrogen-bond acceptors (Lipinski definition) is 4. The van der Waals surface area contributed by atoms with Gasteiger partial charge in [-0.15, -0.1) is 0 Å². The lowest BCUT2D eigenvalue weighted by Gasteiger charge is -2.37. The van der Waals surface area contributed by atoms with Gasteiger partial charge in [0, 0.05) is 50.8 Å². The number of likely N-dealkylation sites (N-methyl/N-ethyl adjacent to an activating group) is 1. The van der Waals surface area contributed by atoms with Crippen LogP contribution in [0.1, 0.15) is 25.1 Å². The summed E-state index contributed by atoms with van der Waals surface area (Å²) >= 11 is 0. The Hall–Kier alpha value is -2.93. The molecule has 0 aliphatic carbocycles. The first-order valence-electron chi connectivity index (χ1n) is 10.3. The quantitative estimate of drug-likeness (QED) is 0.731. The Morgan fingerprint density at radius 3 is 2.70 bits per heavy atom. The van der Waals surface area contributed by atoms with Gasteiger partial charge in [0.15, 0.2) is 11.5 Å². The maximum atomic E-state index is 14.4. The van der Waals surface area contributed by atoms with Crippen molar-refractivity contribution in [2.75, 3.05) is 33.2 Å². The standard InChI is InChI=1S/C23H28FN5O/c1-16(19-12-21(24)23-25-17(2)13-28(23)14-19)11-22(30)29-15-20(6-5-18(29)3)27-9-7-26(4)8-10-27/h5-6,11-15,18H,7-10H2,1-4H3/b16-11+. The van der Waals surface area contributed by atoms with Gasteiger partial charge < -0.3 is 19.1 Å². The minimum Gasteiger partial charge on any atom is -0.368 e. The molecule has 4 rings (SSSR count). The minimum atomic E-state index is -0.396. The summed E-state index contributed by atoms with van der Waals surface area (Å²) in [6.07, 6.45) is 11.3. The number of piperazine rings is 1. The molecule has 1 saturated heterocycles. The predicted octanol–water partition coefficient (Wildman–Crippen LogP) is 3.06. The van der Waals surface area contributed by atoms with Crippen LogP contribution < -0.4 is 0 Å². The van der Waals surface area contributed by atoms with Crippen LogP contribution in [0.15, 0.2) is 48.6 Å². The van der Waals surface area contributed by atoms with E-state index < -0.39 is 5.82 Å². The number of pyridine rings is 1. The summed E-state index contributed by atoms with van der Waals surface area (Å²) in [7, 11) is 2.12. The molecule has 0 N–H and O–H groups in total. The van der Waals surface area contributed by atoms with Gasteiger partial charge in [-0.1, -0.05) is 6.08 Å². The summed E-state index contributed by atoms with van der Waals surface area (Å²) < 4.78 is 16.1. The number of fused-ring (bicyclic) bond motifs is 1. The molecule has 1 fully saturated rings. The molecule has 2 aromatic heterocycles. The minimum absolute atomic E-state index is 0.0340. The van der Waals surface area contributed by atoms with E-state index in [-0.39, 0.29) is 11.9 Å². The molecule has 0 aromatic carbocycles. The Balaban J connectivity index is 1.57. The van der Waals surface area contributed by atoms with E-state index in [1.54, 1.807) is 21.6 Å². The summed E-state index contributed by atoms with van der Waals surface area (Å²) in [4.78, 5) is 23.6. The van der Waals surface area contributed by atoms with Crippen molar-refractivity contribution in [3.8, 4) is 0 Å². The number of nitrogens with zero attached hydrogens (tertiary/aromatic N) is 5. The third-order valence-electron chi connectivity index (χ3n) is 5.80. The molecule has 2 aromatic rings. The molecule has 30 heavy (non-hydrogen) atoms. The second-order valence-corrected chi connectivity index (χ2v) is 8.21. The lowest BCUT2D eigenvalue weighted by Crippen LogP contribution is -2.45. The molecule has 4 heterocycles. The van der Waals surface area contributed by atoms with Crippen molar-refractivity contribution in [2.45, 2.75) is 26.8 Å². The highest BCUT2D eigenvalue weighted by Crippen LogP contribution is 2.22. The highest BCUT2D eigenvalue weighted by molar-refractivity contribution is 5.96. The second-order valence-electron chi connectivity index (χ2n) is 8.21. The first kappa shape index (κ1) is 20.3. The lowest BCUT2D eigenvalue weighted by atomic mass is 10.1. The fourth-order valence-corrected chi connectivity index (χ4v) is 3.89. The van der Waals surface area contributed by atoms with Crippen molar-refractivity contribution in [3.05, 3.63) is 65.7 Å². The number of allylic oxidation sites excluding steroid dienone is 2. The third-order valence-corrected chi connectivity index (χ3v) is 5.80. The molecule has 2 aliphatic rings. The van der Waals surface area contributed by atoms with Crippen molar-refractivity contribution in [2.24, 2.45) is 0 Å². The summed E-state index contributed by atoms with van der Waals surface area (Å²) in [5.41, 5.74) is 3.48. The van der Waals surface area contributed by atoms with Crippen molar-refractivity contribution in [1.82, 2.24) is 24.1 Å². The lowest BCUT2D eigenvalue weighted by molar-refractivity contribution is -0.124. The van der Waals surface area contributed by atoms with Crippen LogP contribution in [0.2, 0.25) is 0 Å². The van der Waals surface area contributed by atoms with Gasteiger partial charge in [0.1, 0.15) is 0 Å². The van der Waals surface area contributed by atoms with E-state index in [4.69, 9.17) is 0 Å². The van der Waals surface area contributed by atoms with Gasteiger partial charge in [-0.2, -0.15) is 0 Å². The van der Waals surface area contributed by atoms with Crippen LogP contribution in [0.4, 0.5) is 4.39 Å². The Morgan fingerprint density at radius 1 is 1.23 bits per heavy atom. The van der Waals surface area contributed by atoms with Crippen molar-refractivity contribution >= 4 is 17.1 Å². The average Bonchev–Trinajstić information content (AvgIpc) is 3.10. The van der Waals surface area contributed by atoms with Gasteiger partial charge in [0.25, 0.3) is 5.91 Å². The predicted molar refractivity (Wildman–Crippen MR) is 116 cm³/mol. The summed E-state index contributed by atoms with van der Waals surface area (Å²) in [5, 5.41) is 0. The maximum absolute atomic E-state index is 14.4. The van der Waals surface area contributed by atoms with E-state index in [0.717, 1.165) is 37.6 Å². The van der Waals surface area contributed by atoms with Crippen LogP contribution in [-0.2, 0) is 4.79 Å². The molecule has 2 aliphatic heterocycles. The van der Waals surface area contributed by atoms with E-state index in [0.29, 0.717) is 16.8 Å². The van der Waals surface area contributed by atoms with Crippen LogP contribution in [0, 0.1) is 12.7 Å². The van der Waals surface area contributed by atoms with Crippen LogP contribution in [0.3, 0.4) is 0 Å². The zero-order valence-corrected chi connectivity index (χ0v) is 18.0. The number of aryl methyl sites for hydroxylation is 1. The normalized spacial score (nSPS) is 20.8. The number of halogens is 1. The molecule has 1 amide bonds. The largest absolute Gasteiger partial charge is 0.368 e. The highest BCUT2D eigenvalue weighted by Gasteiger charge is 2.23. The topological polar surface area (TPSA) is 44.1 Å². The van der Waals surface area contributed by atoms with E-state index >= 15 is 0 Å². The van der Waals surface area contributed by atoms with Crippen molar-refractivity contribution in [1.29, 1.82) is 0 Å². The number of carbonyl (C=O) groups excluding carboxylic acids is 1. The number of amides is 1. The summed E-state index contributed by atoms with van der Waals surface area (Å²) in [6.45, 7) is 9.56.